The molecule has 112 valence electrons. The zero-order chi connectivity index (χ0) is 15.9. The van der Waals surface area contributed by atoms with Gasteiger partial charge in [-0.2, -0.15) is 5.10 Å². The van der Waals surface area contributed by atoms with Crippen LogP contribution in [0.5, 0.6) is 0 Å². The molecule has 0 aliphatic rings. The molecule has 0 spiro atoms. The Morgan fingerprint density at radius 2 is 1.77 bits per heavy atom. The summed E-state index contributed by atoms with van der Waals surface area (Å²) in [5.74, 6) is -0.313. The number of rotatable bonds is 4. The Morgan fingerprint density at radius 1 is 1.14 bits per heavy atom. The van der Waals surface area contributed by atoms with E-state index in [4.69, 9.17) is 29.6 Å². The summed E-state index contributed by atoms with van der Waals surface area (Å²) in [6, 6.07) is 13.3. The first-order valence-corrected chi connectivity index (χ1v) is 7.16. The minimum absolute atomic E-state index is 0.0551. The van der Waals surface area contributed by atoms with Gasteiger partial charge in [-0.1, -0.05) is 29.8 Å². The third kappa shape index (κ3) is 4.95. The maximum absolute atomic E-state index is 13.0. The molecule has 6 heteroatoms. The van der Waals surface area contributed by atoms with Gasteiger partial charge in [0.05, 0.1) is 5.71 Å². The number of hydrazone groups is 1. The Hall–Kier alpha value is -2.24. The number of allylic oxidation sites excluding steroid dienone is 1. The Kier molecular flexibility index (Phi) is 5.63. The predicted molar refractivity (Wildman–Crippen MR) is 93.3 cm³/mol. The molecule has 0 heterocycles. The number of nitrogens with zero attached hydrogens (tertiary/aromatic N) is 1. The lowest BCUT2D eigenvalue weighted by atomic mass is 10.1. The molecule has 0 bridgehead atoms. The van der Waals surface area contributed by atoms with Gasteiger partial charge in [-0.25, -0.2) is 4.39 Å². The predicted octanol–water partition coefficient (Wildman–Crippen LogP) is 3.73. The molecule has 0 aromatic heterocycles. The van der Waals surface area contributed by atoms with Gasteiger partial charge in [0.25, 0.3) is 0 Å². The fourth-order valence-corrected chi connectivity index (χ4v) is 1.85. The van der Waals surface area contributed by atoms with E-state index in [1.165, 1.54) is 12.1 Å². The highest BCUT2D eigenvalue weighted by Crippen LogP contribution is 2.12. The van der Waals surface area contributed by atoms with Crippen molar-refractivity contribution < 1.29 is 4.39 Å². The third-order valence-corrected chi connectivity index (χ3v) is 3.07. The Labute approximate surface area is 138 Å². The molecule has 2 rings (SSSR count). The van der Waals surface area contributed by atoms with Gasteiger partial charge >= 0.3 is 0 Å². The summed E-state index contributed by atoms with van der Waals surface area (Å²) in [7, 11) is 0. The molecule has 0 unspecified atom stereocenters. The van der Waals surface area contributed by atoms with Crippen LogP contribution in [0.1, 0.15) is 11.1 Å². The fraction of sp³-hybridized carbons (Fsp3) is 0. The normalized spacial score (nSPS) is 11.6. The first-order valence-electron chi connectivity index (χ1n) is 6.37. The number of thiocarbonyl (C=S) groups is 1. The SMILES string of the molecule is NC(=S)N/N=C(\C=C\c1ccc(Cl)cc1)c1ccc(F)cc1. The molecule has 2 aromatic carbocycles. The molecule has 0 atom stereocenters. The van der Waals surface area contributed by atoms with Crippen molar-refractivity contribution in [1.29, 1.82) is 0 Å². The molecule has 3 nitrogen and oxygen atoms in total. The van der Waals surface area contributed by atoms with Gasteiger partial charge in [-0.05, 0) is 60.3 Å². The van der Waals surface area contributed by atoms with E-state index < -0.39 is 0 Å². The van der Waals surface area contributed by atoms with Crippen LogP contribution in [-0.2, 0) is 0 Å². The quantitative estimate of drug-likeness (QED) is 0.509. The summed E-state index contributed by atoms with van der Waals surface area (Å²) < 4.78 is 13.0. The molecular formula is C16H13ClFN3S. The minimum Gasteiger partial charge on any atom is -0.375 e. The Morgan fingerprint density at radius 3 is 2.36 bits per heavy atom. The molecule has 2 aromatic rings. The number of hydrogen-bond donors (Lipinski definition) is 2. The van der Waals surface area contributed by atoms with Crippen LogP contribution in [0.2, 0.25) is 5.02 Å². The number of hydrogen-bond acceptors (Lipinski definition) is 2. The van der Waals surface area contributed by atoms with Crippen molar-refractivity contribution in [2.75, 3.05) is 0 Å². The van der Waals surface area contributed by atoms with Gasteiger partial charge in [0.2, 0.25) is 0 Å². The van der Waals surface area contributed by atoms with E-state index in [2.05, 4.69) is 10.5 Å². The van der Waals surface area contributed by atoms with Crippen molar-refractivity contribution in [3.63, 3.8) is 0 Å². The first-order chi connectivity index (χ1) is 10.5. The van der Waals surface area contributed by atoms with Gasteiger partial charge in [0, 0.05) is 10.6 Å². The zero-order valence-electron chi connectivity index (χ0n) is 11.5. The third-order valence-electron chi connectivity index (χ3n) is 2.73. The van der Waals surface area contributed by atoms with Crippen LogP contribution in [0, 0.1) is 5.82 Å². The molecule has 0 saturated heterocycles. The number of nitrogens with one attached hydrogen (secondary N) is 1. The highest BCUT2D eigenvalue weighted by molar-refractivity contribution is 7.80. The van der Waals surface area contributed by atoms with Crippen LogP contribution in [0.15, 0.2) is 59.7 Å². The summed E-state index contributed by atoms with van der Waals surface area (Å²) in [6.45, 7) is 0. The Balaban J connectivity index is 2.28. The molecule has 0 fully saturated rings. The smallest absolute Gasteiger partial charge is 0.184 e. The molecular weight excluding hydrogens is 321 g/mol. The van der Waals surface area contributed by atoms with E-state index in [9.17, 15) is 4.39 Å². The van der Waals surface area contributed by atoms with Crippen LogP contribution >= 0.6 is 23.8 Å². The van der Waals surface area contributed by atoms with Gasteiger partial charge in [0.1, 0.15) is 5.82 Å². The monoisotopic (exact) mass is 333 g/mol. The average molecular weight is 334 g/mol. The van der Waals surface area contributed by atoms with Gasteiger partial charge in [-0.15, -0.1) is 0 Å². The van der Waals surface area contributed by atoms with Crippen molar-refractivity contribution >= 4 is 40.7 Å². The molecule has 0 aliphatic carbocycles. The van der Waals surface area contributed by atoms with Crippen LogP contribution in [0.3, 0.4) is 0 Å². The standard InChI is InChI=1S/C16H13ClFN3S/c17-13-6-1-11(2-7-13)3-10-15(20-21-16(19)22)12-4-8-14(18)9-5-12/h1-10H,(H3,19,21,22)/b10-3+,20-15+. The van der Waals surface area contributed by atoms with Crippen LogP contribution < -0.4 is 11.2 Å². The van der Waals surface area contributed by atoms with E-state index in [1.54, 1.807) is 30.3 Å². The van der Waals surface area contributed by atoms with Gasteiger partial charge in [-0.3, -0.25) is 5.43 Å². The lowest BCUT2D eigenvalue weighted by Gasteiger charge is -2.03. The lowest BCUT2D eigenvalue weighted by molar-refractivity contribution is 0.628. The van der Waals surface area contributed by atoms with E-state index in [-0.39, 0.29) is 10.9 Å². The molecule has 0 amide bonds. The van der Waals surface area contributed by atoms with Crippen LogP contribution in [-0.4, -0.2) is 10.8 Å². The maximum Gasteiger partial charge on any atom is 0.184 e. The number of halogens is 2. The molecule has 0 radical (unpaired) electrons. The van der Waals surface area contributed by atoms with Gasteiger partial charge < -0.3 is 5.73 Å². The second-order valence-electron chi connectivity index (χ2n) is 4.36. The average Bonchev–Trinajstić information content (AvgIpc) is 2.50. The van der Waals surface area contributed by atoms with Crippen molar-refractivity contribution in [2.24, 2.45) is 10.8 Å². The maximum atomic E-state index is 13.0. The second-order valence-corrected chi connectivity index (χ2v) is 5.24. The first kappa shape index (κ1) is 16.1. The minimum atomic E-state index is -0.313. The molecule has 0 saturated carbocycles. The van der Waals surface area contributed by atoms with E-state index in [0.29, 0.717) is 10.7 Å². The van der Waals surface area contributed by atoms with E-state index >= 15 is 0 Å². The van der Waals surface area contributed by atoms with Crippen molar-refractivity contribution in [3.05, 3.63) is 76.6 Å². The van der Waals surface area contributed by atoms with Crippen molar-refractivity contribution in [1.82, 2.24) is 5.43 Å². The summed E-state index contributed by atoms with van der Waals surface area (Å²) in [5, 5.41) is 4.84. The summed E-state index contributed by atoms with van der Waals surface area (Å²) in [5.41, 5.74) is 10.2. The summed E-state index contributed by atoms with van der Waals surface area (Å²) in [4.78, 5) is 0. The highest BCUT2D eigenvalue weighted by Gasteiger charge is 2.01. The second kappa shape index (κ2) is 7.68. The molecule has 0 aliphatic heterocycles. The molecule has 22 heavy (non-hydrogen) atoms. The van der Waals surface area contributed by atoms with Crippen molar-refractivity contribution in [2.45, 2.75) is 0 Å². The summed E-state index contributed by atoms with van der Waals surface area (Å²) >= 11 is 10.6. The molecule has 3 N–H and O–H groups in total. The lowest BCUT2D eigenvalue weighted by Crippen LogP contribution is -2.25. The van der Waals surface area contributed by atoms with Crippen LogP contribution in [0.4, 0.5) is 4.39 Å². The topological polar surface area (TPSA) is 50.4 Å². The van der Waals surface area contributed by atoms with E-state index in [1.807, 2.05) is 18.2 Å². The number of benzene rings is 2. The Bertz CT molecular complexity index is 709. The number of nitrogens with two attached hydrogens (primary N) is 1. The van der Waals surface area contributed by atoms with E-state index in [0.717, 1.165) is 11.1 Å². The zero-order valence-corrected chi connectivity index (χ0v) is 13.0. The van der Waals surface area contributed by atoms with Crippen LogP contribution in [0.25, 0.3) is 6.08 Å². The highest BCUT2D eigenvalue weighted by atomic mass is 35.5. The van der Waals surface area contributed by atoms with Gasteiger partial charge in [0.15, 0.2) is 5.11 Å². The summed E-state index contributed by atoms with van der Waals surface area (Å²) in [6.07, 6.45) is 3.64. The van der Waals surface area contributed by atoms with Crippen molar-refractivity contribution in [3.8, 4) is 0 Å². The fourth-order valence-electron chi connectivity index (χ4n) is 1.68. The largest absolute Gasteiger partial charge is 0.375 e.